The van der Waals surface area contributed by atoms with Gasteiger partial charge in [-0.15, -0.1) is 0 Å². The molecule has 0 aliphatic rings. The molecule has 0 radical (unpaired) electrons. The van der Waals surface area contributed by atoms with Crippen molar-refractivity contribution in [2.75, 3.05) is 17.3 Å². The van der Waals surface area contributed by atoms with Gasteiger partial charge < -0.3 is 10.3 Å². The van der Waals surface area contributed by atoms with Crippen LogP contribution in [-0.2, 0) is 10.8 Å². The van der Waals surface area contributed by atoms with Crippen LogP contribution >= 0.6 is 0 Å². The Morgan fingerprint density at radius 1 is 1.67 bits per heavy atom. The van der Waals surface area contributed by atoms with Crippen molar-refractivity contribution in [3.05, 3.63) is 22.7 Å². The minimum atomic E-state index is -0.777. The number of aromatic nitrogens is 2. The number of nitrogens with one attached hydrogen (secondary N) is 2. The maximum absolute atomic E-state index is 11.0. The van der Waals surface area contributed by atoms with Gasteiger partial charge in [0.25, 0.3) is 5.56 Å². The monoisotopic (exact) mass is 229 g/mol. The Kier molecular flexibility index (Phi) is 4.48. The van der Waals surface area contributed by atoms with Crippen LogP contribution < -0.4 is 10.9 Å². The Labute approximate surface area is 90.8 Å². The summed E-state index contributed by atoms with van der Waals surface area (Å²) in [4.78, 5) is 17.4. The van der Waals surface area contributed by atoms with Gasteiger partial charge >= 0.3 is 0 Å². The van der Waals surface area contributed by atoms with Crippen LogP contribution in [0.3, 0.4) is 0 Å². The van der Waals surface area contributed by atoms with Gasteiger partial charge in [-0.1, -0.05) is 0 Å². The molecule has 0 fully saturated rings. The highest BCUT2D eigenvalue weighted by atomic mass is 32.2. The van der Waals surface area contributed by atoms with Gasteiger partial charge in [-0.3, -0.25) is 9.00 Å². The number of hydrogen-bond acceptors (Lipinski definition) is 4. The van der Waals surface area contributed by atoms with E-state index in [4.69, 9.17) is 0 Å². The molecule has 2 N–H and O–H groups in total. The first-order valence-electron chi connectivity index (χ1n) is 4.69. The van der Waals surface area contributed by atoms with Crippen molar-refractivity contribution in [3.8, 4) is 0 Å². The zero-order chi connectivity index (χ0) is 11.3. The fourth-order valence-corrected chi connectivity index (χ4v) is 1.80. The third-order valence-corrected chi connectivity index (χ3v) is 2.72. The number of nitrogens with zero attached hydrogens (tertiary/aromatic N) is 1. The van der Waals surface area contributed by atoms with Crippen molar-refractivity contribution in [2.45, 2.75) is 19.4 Å². The number of H-pyrrole nitrogens is 1. The van der Waals surface area contributed by atoms with Gasteiger partial charge in [0.1, 0.15) is 5.82 Å². The molecule has 84 valence electrons. The highest BCUT2D eigenvalue weighted by molar-refractivity contribution is 7.84. The van der Waals surface area contributed by atoms with Crippen molar-refractivity contribution in [2.24, 2.45) is 0 Å². The van der Waals surface area contributed by atoms with Gasteiger partial charge in [0.05, 0.1) is 6.33 Å². The van der Waals surface area contributed by atoms with Gasteiger partial charge in [-0.05, 0) is 13.3 Å². The first-order valence-corrected chi connectivity index (χ1v) is 6.42. The SMILES string of the molecule is CC(CCS(C)=O)Nc1cc(=O)[nH]cn1. The zero-order valence-corrected chi connectivity index (χ0v) is 9.63. The second kappa shape index (κ2) is 5.65. The standard InChI is InChI=1S/C9H15N3O2S/c1-7(3-4-15(2)14)12-8-5-9(13)11-6-10-8/h5-7H,3-4H2,1-2H3,(H2,10,11,12,13). The molecule has 5 nitrogen and oxygen atoms in total. The summed E-state index contributed by atoms with van der Waals surface area (Å²) in [5.74, 6) is 1.20. The molecule has 2 unspecified atom stereocenters. The van der Waals surface area contributed by atoms with Crippen LogP contribution in [0, 0.1) is 0 Å². The highest BCUT2D eigenvalue weighted by Crippen LogP contribution is 2.02. The number of rotatable bonds is 5. The lowest BCUT2D eigenvalue weighted by atomic mass is 10.2. The van der Waals surface area contributed by atoms with E-state index in [2.05, 4.69) is 15.3 Å². The lowest BCUT2D eigenvalue weighted by molar-refractivity contribution is 0.678. The summed E-state index contributed by atoms with van der Waals surface area (Å²) in [7, 11) is -0.777. The summed E-state index contributed by atoms with van der Waals surface area (Å²) in [6.07, 6.45) is 3.82. The van der Waals surface area contributed by atoms with Crippen molar-refractivity contribution in [3.63, 3.8) is 0 Å². The summed E-state index contributed by atoms with van der Waals surface area (Å²) in [6.45, 7) is 1.97. The quantitative estimate of drug-likeness (QED) is 0.763. The largest absolute Gasteiger partial charge is 0.367 e. The van der Waals surface area contributed by atoms with Crippen LogP contribution in [0.15, 0.2) is 17.2 Å². The van der Waals surface area contributed by atoms with E-state index in [-0.39, 0.29) is 11.6 Å². The van der Waals surface area contributed by atoms with Crippen LogP contribution in [0.25, 0.3) is 0 Å². The van der Waals surface area contributed by atoms with Crippen LogP contribution in [0.4, 0.5) is 5.82 Å². The van der Waals surface area contributed by atoms with Crippen LogP contribution in [0.5, 0.6) is 0 Å². The lowest BCUT2D eigenvalue weighted by Gasteiger charge is -2.12. The predicted octanol–water partition coefficient (Wildman–Crippen LogP) is 0.339. The molecule has 0 bridgehead atoms. The summed E-state index contributed by atoms with van der Waals surface area (Å²) in [5, 5.41) is 3.07. The molecule has 1 rings (SSSR count). The molecule has 0 spiro atoms. The summed E-state index contributed by atoms with van der Waals surface area (Å²) in [6, 6.07) is 1.56. The molecule has 1 aromatic heterocycles. The number of hydrogen-bond donors (Lipinski definition) is 2. The van der Waals surface area contributed by atoms with E-state index in [1.807, 2.05) is 6.92 Å². The molecule has 1 heterocycles. The Morgan fingerprint density at radius 3 is 3.00 bits per heavy atom. The predicted molar refractivity (Wildman–Crippen MR) is 61.5 cm³/mol. The van der Waals surface area contributed by atoms with Gasteiger partial charge in [0.15, 0.2) is 0 Å². The van der Waals surface area contributed by atoms with Crippen molar-refractivity contribution in [1.29, 1.82) is 0 Å². The van der Waals surface area contributed by atoms with E-state index < -0.39 is 10.8 Å². The molecular formula is C9H15N3O2S. The molecule has 0 aliphatic carbocycles. The molecule has 15 heavy (non-hydrogen) atoms. The normalized spacial score (nSPS) is 14.5. The smallest absolute Gasteiger partial charge is 0.252 e. The van der Waals surface area contributed by atoms with E-state index in [1.165, 1.54) is 12.4 Å². The summed E-state index contributed by atoms with van der Waals surface area (Å²) in [5.41, 5.74) is -0.182. The molecule has 0 amide bonds. The van der Waals surface area contributed by atoms with Crippen molar-refractivity contribution >= 4 is 16.6 Å². The highest BCUT2D eigenvalue weighted by Gasteiger charge is 2.04. The molecule has 6 heteroatoms. The fraction of sp³-hybridized carbons (Fsp3) is 0.556. The number of anilines is 1. The third kappa shape index (κ3) is 4.73. The van der Waals surface area contributed by atoms with Crippen molar-refractivity contribution < 1.29 is 4.21 Å². The van der Waals surface area contributed by atoms with Gasteiger partial charge in [-0.25, -0.2) is 4.98 Å². The van der Waals surface area contributed by atoms with E-state index in [0.717, 1.165) is 6.42 Å². The minimum absolute atomic E-state index is 0.156. The van der Waals surface area contributed by atoms with Gasteiger partial charge in [0, 0.05) is 34.9 Å². The van der Waals surface area contributed by atoms with Crippen LogP contribution in [-0.4, -0.2) is 32.2 Å². The minimum Gasteiger partial charge on any atom is -0.367 e. The maximum Gasteiger partial charge on any atom is 0.252 e. The zero-order valence-electron chi connectivity index (χ0n) is 8.82. The average molecular weight is 229 g/mol. The second-order valence-electron chi connectivity index (χ2n) is 3.41. The summed E-state index contributed by atoms with van der Waals surface area (Å²) >= 11 is 0. The topological polar surface area (TPSA) is 74.8 Å². The van der Waals surface area contributed by atoms with Crippen LogP contribution in [0.1, 0.15) is 13.3 Å². The molecular weight excluding hydrogens is 214 g/mol. The van der Waals surface area contributed by atoms with E-state index in [0.29, 0.717) is 11.6 Å². The molecule has 0 saturated carbocycles. The molecule has 1 aromatic rings. The molecule has 2 atom stereocenters. The van der Waals surface area contributed by atoms with E-state index in [1.54, 1.807) is 6.26 Å². The van der Waals surface area contributed by atoms with Gasteiger partial charge in [0.2, 0.25) is 0 Å². The van der Waals surface area contributed by atoms with Crippen molar-refractivity contribution in [1.82, 2.24) is 9.97 Å². The van der Waals surface area contributed by atoms with Gasteiger partial charge in [-0.2, -0.15) is 0 Å². The van der Waals surface area contributed by atoms with E-state index >= 15 is 0 Å². The second-order valence-corrected chi connectivity index (χ2v) is 4.96. The Balaban J connectivity index is 2.47. The van der Waals surface area contributed by atoms with E-state index in [9.17, 15) is 9.00 Å². The molecule has 0 aliphatic heterocycles. The fourth-order valence-electron chi connectivity index (χ4n) is 1.11. The number of aromatic amines is 1. The summed E-state index contributed by atoms with van der Waals surface area (Å²) < 4.78 is 10.9. The molecule has 0 saturated heterocycles. The Bertz CT molecular complexity index is 391. The van der Waals surface area contributed by atoms with Crippen LogP contribution in [0.2, 0.25) is 0 Å². The Morgan fingerprint density at radius 2 is 2.40 bits per heavy atom. The maximum atomic E-state index is 11.0. The molecule has 0 aromatic carbocycles. The third-order valence-electron chi connectivity index (χ3n) is 1.91. The average Bonchev–Trinajstić information content (AvgIpc) is 2.15. The lowest BCUT2D eigenvalue weighted by Crippen LogP contribution is -2.20. The first-order chi connectivity index (χ1) is 7.08. The first kappa shape index (κ1) is 11.9. The Hall–Kier alpha value is -1.17.